The van der Waals surface area contributed by atoms with Gasteiger partial charge in [0.25, 0.3) is 17.7 Å². The fraction of sp³-hybridized carbons (Fsp3) is 0.467. The van der Waals surface area contributed by atoms with Gasteiger partial charge < -0.3 is 4.90 Å². The molecule has 2 bridgehead atoms. The van der Waals surface area contributed by atoms with E-state index in [1.165, 1.54) is 0 Å². The van der Waals surface area contributed by atoms with Crippen LogP contribution in [0.2, 0.25) is 0 Å². The van der Waals surface area contributed by atoms with Crippen LogP contribution in [-0.4, -0.2) is 51.1 Å². The van der Waals surface area contributed by atoms with E-state index >= 15 is 0 Å². The summed E-state index contributed by atoms with van der Waals surface area (Å²) in [5, 5.41) is 2.08. The molecule has 2 aliphatic carbocycles. The number of hydrazine groups is 1. The Hall–Kier alpha value is -1.67. The zero-order chi connectivity index (χ0) is 16.5. The third kappa shape index (κ3) is 1.94. The molecule has 0 aromatic carbocycles. The SMILES string of the molecule is CN(C)/C=C1/SC(=S)N(N2C(=O)C3C4C=CC(C4)C3C2=O)C1=O. The summed E-state index contributed by atoms with van der Waals surface area (Å²) < 4.78 is 0.227. The van der Waals surface area contributed by atoms with E-state index in [0.29, 0.717) is 4.91 Å². The molecule has 120 valence electrons. The van der Waals surface area contributed by atoms with E-state index in [-0.39, 0.29) is 39.8 Å². The number of imide groups is 1. The largest absolute Gasteiger partial charge is 0.382 e. The molecule has 0 aromatic rings. The maximum atomic E-state index is 12.8. The number of hydrogen-bond donors (Lipinski definition) is 0. The summed E-state index contributed by atoms with van der Waals surface area (Å²) >= 11 is 6.35. The summed E-state index contributed by atoms with van der Waals surface area (Å²) in [5.74, 6) is -1.43. The van der Waals surface area contributed by atoms with Crippen molar-refractivity contribution in [1.82, 2.24) is 14.9 Å². The topological polar surface area (TPSA) is 60.9 Å². The van der Waals surface area contributed by atoms with Crippen molar-refractivity contribution in [2.45, 2.75) is 6.42 Å². The number of carbonyl (C=O) groups excluding carboxylic acids is 3. The first kappa shape index (κ1) is 14.9. The molecule has 1 saturated carbocycles. The van der Waals surface area contributed by atoms with Gasteiger partial charge in [0, 0.05) is 20.3 Å². The number of fused-ring (bicyclic) bond motifs is 5. The number of carbonyl (C=O) groups is 3. The van der Waals surface area contributed by atoms with E-state index in [1.807, 2.05) is 12.2 Å². The molecule has 4 unspecified atom stereocenters. The first-order valence-corrected chi connectivity index (χ1v) is 8.63. The minimum absolute atomic E-state index is 0.113. The van der Waals surface area contributed by atoms with Crippen molar-refractivity contribution in [3.05, 3.63) is 23.3 Å². The average molecular weight is 349 g/mol. The number of rotatable bonds is 2. The van der Waals surface area contributed by atoms with Crippen molar-refractivity contribution in [3.8, 4) is 0 Å². The van der Waals surface area contributed by atoms with Crippen LogP contribution < -0.4 is 0 Å². The molecule has 3 fully saturated rings. The van der Waals surface area contributed by atoms with Crippen LogP contribution in [0.3, 0.4) is 0 Å². The van der Waals surface area contributed by atoms with Crippen LogP contribution in [0.1, 0.15) is 6.42 Å². The second-order valence-electron chi connectivity index (χ2n) is 6.43. The van der Waals surface area contributed by atoms with Gasteiger partial charge in [-0.05, 0) is 30.5 Å². The zero-order valence-corrected chi connectivity index (χ0v) is 14.3. The number of amides is 3. The molecule has 0 spiro atoms. The van der Waals surface area contributed by atoms with Crippen molar-refractivity contribution < 1.29 is 14.4 Å². The maximum Gasteiger partial charge on any atom is 0.287 e. The van der Waals surface area contributed by atoms with E-state index in [9.17, 15) is 14.4 Å². The van der Waals surface area contributed by atoms with Crippen LogP contribution in [0.25, 0.3) is 0 Å². The first-order valence-electron chi connectivity index (χ1n) is 7.40. The molecule has 4 rings (SSSR count). The van der Waals surface area contributed by atoms with Crippen LogP contribution in [-0.2, 0) is 14.4 Å². The zero-order valence-electron chi connectivity index (χ0n) is 12.6. The van der Waals surface area contributed by atoms with Gasteiger partial charge in [0.15, 0.2) is 4.32 Å². The molecule has 4 aliphatic rings. The highest BCUT2D eigenvalue weighted by molar-refractivity contribution is 8.26. The molecule has 4 atom stereocenters. The van der Waals surface area contributed by atoms with Gasteiger partial charge in [-0.15, -0.1) is 0 Å². The van der Waals surface area contributed by atoms with Crippen LogP contribution in [0.4, 0.5) is 0 Å². The number of nitrogens with zero attached hydrogens (tertiary/aromatic N) is 3. The number of thiocarbonyl (C=S) groups is 1. The first-order chi connectivity index (χ1) is 10.9. The number of allylic oxidation sites excluding steroid dienone is 2. The van der Waals surface area contributed by atoms with E-state index in [0.717, 1.165) is 28.2 Å². The monoisotopic (exact) mass is 349 g/mol. The predicted octanol–water partition coefficient (Wildman–Crippen LogP) is 0.972. The number of thioether (sulfide) groups is 1. The van der Waals surface area contributed by atoms with Gasteiger partial charge in [-0.3, -0.25) is 14.4 Å². The maximum absolute atomic E-state index is 12.8. The lowest BCUT2D eigenvalue weighted by molar-refractivity contribution is -0.159. The Morgan fingerprint density at radius 3 is 2.22 bits per heavy atom. The fourth-order valence-electron chi connectivity index (χ4n) is 3.94. The molecule has 3 amide bonds. The minimum Gasteiger partial charge on any atom is -0.382 e. The Balaban J connectivity index is 1.67. The number of hydrogen-bond acceptors (Lipinski definition) is 6. The van der Waals surface area contributed by atoms with Crippen molar-refractivity contribution in [2.24, 2.45) is 23.7 Å². The quantitative estimate of drug-likeness (QED) is 0.320. The van der Waals surface area contributed by atoms with Gasteiger partial charge in [0.05, 0.1) is 16.7 Å². The highest BCUT2D eigenvalue weighted by Crippen LogP contribution is 2.53. The second kappa shape index (κ2) is 4.91. The van der Waals surface area contributed by atoms with Crippen molar-refractivity contribution in [3.63, 3.8) is 0 Å². The normalized spacial score (nSPS) is 36.9. The molecule has 2 saturated heterocycles. The summed E-state index contributed by atoms with van der Waals surface area (Å²) in [6, 6.07) is 0. The van der Waals surface area contributed by atoms with E-state index in [4.69, 9.17) is 12.2 Å². The molecule has 2 heterocycles. The fourth-order valence-corrected chi connectivity index (χ4v) is 5.25. The Labute approximate surface area is 143 Å². The highest BCUT2D eigenvalue weighted by Gasteiger charge is 2.62. The molecular weight excluding hydrogens is 334 g/mol. The Kier molecular flexibility index (Phi) is 3.18. The molecule has 0 radical (unpaired) electrons. The Morgan fingerprint density at radius 2 is 1.70 bits per heavy atom. The molecular formula is C15H15N3O3S2. The second-order valence-corrected chi connectivity index (χ2v) is 8.11. The molecule has 0 aromatic heterocycles. The lowest BCUT2D eigenvalue weighted by Crippen LogP contribution is -2.49. The van der Waals surface area contributed by atoms with Crippen LogP contribution in [0, 0.1) is 23.7 Å². The van der Waals surface area contributed by atoms with Crippen molar-refractivity contribution in [1.29, 1.82) is 0 Å². The molecule has 8 heteroatoms. The molecule has 0 N–H and O–H groups in total. The highest BCUT2D eigenvalue weighted by atomic mass is 32.2. The standard InChI is InChI=1S/C15H15N3O3S2/c1-16(2)6-9-12(19)18(15(22)23-9)17-13(20)10-7-3-4-8(5-7)11(10)14(17)21/h3-4,6-8,10-11H,5H2,1-2H3/b9-6+. The van der Waals surface area contributed by atoms with Crippen LogP contribution in [0.15, 0.2) is 23.3 Å². The van der Waals surface area contributed by atoms with Crippen molar-refractivity contribution >= 4 is 46.0 Å². The van der Waals surface area contributed by atoms with Gasteiger partial charge in [-0.2, -0.15) is 10.0 Å². The minimum atomic E-state index is -0.407. The van der Waals surface area contributed by atoms with Crippen LogP contribution in [0.5, 0.6) is 0 Å². The van der Waals surface area contributed by atoms with Gasteiger partial charge >= 0.3 is 0 Å². The summed E-state index contributed by atoms with van der Waals surface area (Å²) in [5.41, 5.74) is 0. The summed E-state index contributed by atoms with van der Waals surface area (Å²) in [4.78, 5) is 40.3. The summed E-state index contributed by atoms with van der Waals surface area (Å²) in [6.07, 6.45) is 6.56. The molecule has 2 aliphatic heterocycles. The average Bonchev–Trinajstić information content (AvgIpc) is 3.19. The van der Waals surface area contributed by atoms with Crippen molar-refractivity contribution in [2.75, 3.05) is 14.1 Å². The third-order valence-electron chi connectivity index (χ3n) is 4.80. The Bertz CT molecular complexity index is 685. The lowest BCUT2D eigenvalue weighted by Gasteiger charge is -2.25. The van der Waals surface area contributed by atoms with E-state index in [2.05, 4.69) is 0 Å². The van der Waals surface area contributed by atoms with Gasteiger partial charge in [-0.1, -0.05) is 23.9 Å². The van der Waals surface area contributed by atoms with Crippen LogP contribution >= 0.6 is 24.0 Å². The Morgan fingerprint density at radius 1 is 1.13 bits per heavy atom. The summed E-state index contributed by atoms with van der Waals surface area (Å²) in [6.45, 7) is 0. The molecule has 23 heavy (non-hydrogen) atoms. The smallest absolute Gasteiger partial charge is 0.287 e. The van der Waals surface area contributed by atoms with Gasteiger partial charge in [-0.25, -0.2) is 0 Å². The van der Waals surface area contributed by atoms with E-state index in [1.54, 1.807) is 25.2 Å². The van der Waals surface area contributed by atoms with Gasteiger partial charge in [0.1, 0.15) is 0 Å². The van der Waals surface area contributed by atoms with E-state index < -0.39 is 5.91 Å². The van der Waals surface area contributed by atoms with Gasteiger partial charge in [0.2, 0.25) is 0 Å². The lowest BCUT2D eigenvalue weighted by atomic mass is 9.85. The summed E-state index contributed by atoms with van der Waals surface area (Å²) in [7, 11) is 3.60. The molecule has 6 nitrogen and oxygen atoms in total. The third-order valence-corrected chi connectivity index (χ3v) is 6.07. The predicted molar refractivity (Wildman–Crippen MR) is 88.4 cm³/mol.